The van der Waals surface area contributed by atoms with Gasteiger partial charge >= 0.3 is 6.03 Å². The summed E-state index contributed by atoms with van der Waals surface area (Å²) in [6.45, 7) is 0. The second-order valence-corrected chi connectivity index (χ2v) is 6.76. The Bertz CT molecular complexity index is 1300. The van der Waals surface area contributed by atoms with Crippen molar-refractivity contribution in [2.24, 2.45) is 0 Å². The highest BCUT2D eigenvalue weighted by Gasteiger charge is 2.20. The highest BCUT2D eigenvalue weighted by Crippen LogP contribution is 2.36. The lowest BCUT2D eigenvalue weighted by atomic mass is 9.97. The van der Waals surface area contributed by atoms with Crippen molar-refractivity contribution in [2.75, 3.05) is 5.32 Å². The molecule has 0 heterocycles. The number of rotatable bonds is 3. The van der Waals surface area contributed by atoms with Gasteiger partial charge in [-0.05, 0) is 46.7 Å². The first-order valence-electron chi connectivity index (χ1n) is 9.31. The number of phenols is 1. The number of phenolic OH excluding ortho intramolecular Hbond substituents is 1. The van der Waals surface area contributed by atoms with Gasteiger partial charge in [-0.1, -0.05) is 48.5 Å². The summed E-state index contributed by atoms with van der Waals surface area (Å²) in [5.41, 5.74) is 0.707. The highest BCUT2D eigenvalue weighted by molar-refractivity contribution is 6.10. The van der Waals surface area contributed by atoms with Gasteiger partial charge in [-0.3, -0.25) is 10.1 Å². The Hall–Kier alpha value is -4.26. The molecule has 3 amide bonds. The first-order valence-corrected chi connectivity index (χ1v) is 9.31. The molecule has 4 rings (SSSR count). The molecule has 4 aromatic rings. The van der Waals surface area contributed by atoms with Crippen molar-refractivity contribution in [3.63, 3.8) is 0 Å². The molecule has 0 bridgehead atoms. The van der Waals surface area contributed by atoms with Crippen LogP contribution >= 0.6 is 0 Å². The molecule has 31 heavy (non-hydrogen) atoms. The molecule has 7 heteroatoms. The maximum Gasteiger partial charge on any atom is 0.326 e. The lowest BCUT2D eigenvalue weighted by molar-refractivity contribution is 0.0959. The zero-order valence-corrected chi connectivity index (χ0v) is 16.0. The minimum Gasteiger partial charge on any atom is -0.508 e. The van der Waals surface area contributed by atoms with Crippen molar-refractivity contribution in [3.8, 4) is 16.9 Å². The summed E-state index contributed by atoms with van der Waals surface area (Å²) in [5, 5.41) is 16.3. The summed E-state index contributed by atoms with van der Waals surface area (Å²) >= 11 is 0. The number of carbonyl (C=O) groups is 2. The van der Waals surface area contributed by atoms with E-state index in [-0.39, 0.29) is 5.75 Å². The molecule has 0 aliphatic rings. The number of carbonyl (C=O) groups excluding carboxylic acids is 2. The Morgan fingerprint density at radius 3 is 2.23 bits per heavy atom. The molecule has 0 radical (unpaired) electrons. The number of aromatic hydroxyl groups is 1. The fourth-order valence-corrected chi connectivity index (χ4v) is 3.36. The molecule has 0 saturated carbocycles. The van der Waals surface area contributed by atoms with Gasteiger partial charge in [0.25, 0.3) is 5.91 Å². The number of urea groups is 1. The minimum absolute atomic E-state index is 0.0154. The van der Waals surface area contributed by atoms with E-state index < -0.39 is 29.1 Å². The Balaban J connectivity index is 1.65. The van der Waals surface area contributed by atoms with Gasteiger partial charge in [0.2, 0.25) is 0 Å². The molecule has 154 valence electrons. The summed E-state index contributed by atoms with van der Waals surface area (Å²) in [4.78, 5) is 24.6. The van der Waals surface area contributed by atoms with E-state index in [1.54, 1.807) is 0 Å². The van der Waals surface area contributed by atoms with Gasteiger partial charge in [0.15, 0.2) is 0 Å². The first-order chi connectivity index (χ1) is 14.9. The van der Waals surface area contributed by atoms with Gasteiger partial charge in [-0.25, -0.2) is 13.6 Å². The van der Waals surface area contributed by atoms with E-state index in [9.17, 15) is 23.5 Å². The van der Waals surface area contributed by atoms with Crippen LogP contribution in [0.4, 0.5) is 19.3 Å². The number of anilines is 1. The Morgan fingerprint density at radius 1 is 0.774 bits per heavy atom. The Kier molecular flexibility index (Phi) is 5.32. The Labute approximate surface area is 176 Å². The number of imide groups is 1. The molecule has 4 aromatic carbocycles. The maximum atomic E-state index is 13.8. The number of hydrogen-bond donors (Lipinski definition) is 3. The standard InChI is InChI=1S/C24H16F2N2O3/c25-19-9-4-10-20(26)22(19)23(30)28-24(31)27-21-12-11-15(29)13-18(21)17-8-3-6-14-5-1-2-7-16(14)17/h1-13,29H,(H2,27,28,30,31). The van der Waals surface area contributed by atoms with Crippen LogP contribution in [0.1, 0.15) is 10.4 Å². The number of hydrogen-bond acceptors (Lipinski definition) is 3. The summed E-state index contributed by atoms with van der Waals surface area (Å²) in [5.74, 6) is -3.38. The summed E-state index contributed by atoms with van der Waals surface area (Å²) < 4.78 is 27.6. The van der Waals surface area contributed by atoms with Crippen LogP contribution in [0.3, 0.4) is 0 Å². The molecule has 0 saturated heterocycles. The second kappa shape index (κ2) is 8.23. The van der Waals surface area contributed by atoms with Crippen molar-refractivity contribution in [2.45, 2.75) is 0 Å². The van der Waals surface area contributed by atoms with Gasteiger partial charge in [-0.2, -0.15) is 0 Å². The molecule has 0 aliphatic heterocycles. The fraction of sp³-hybridized carbons (Fsp3) is 0. The van der Waals surface area contributed by atoms with Crippen LogP contribution in [0.5, 0.6) is 5.75 Å². The van der Waals surface area contributed by atoms with Crippen LogP contribution in [0.2, 0.25) is 0 Å². The summed E-state index contributed by atoms with van der Waals surface area (Å²) in [6.07, 6.45) is 0. The normalized spacial score (nSPS) is 10.6. The smallest absolute Gasteiger partial charge is 0.326 e. The summed E-state index contributed by atoms with van der Waals surface area (Å²) in [6, 6.07) is 19.5. The van der Waals surface area contributed by atoms with Crippen molar-refractivity contribution in [3.05, 3.63) is 96.1 Å². The van der Waals surface area contributed by atoms with E-state index in [1.807, 2.05) is 47.8 Å². The maximum absolute atomic E-state index is 13.8. The van der Waals surface area contributed by atoms with E-state index in [0.717, 1.165) is 34.5 Å². The van der Waals surface area contributed by atoms with E-state index in [2.05, 4.69) is 5.32 Å². The van der Waals surface area contributed by atoms with Gasteiger partial charge in [0.1, 0.15) is 22.9 Å². The highest BCUT2D eigenvalue weighted by atomic mass is 19.1. The number of amides is 3. The van der Waals surface area contributed by atoms with Crippen LogP contribution < -0.4 is 10.6 Å². The lowest BCUT2D eigenvalue weighted by Crippen LogP contribution is -2.35. The molecular formula is C24H16F2N2O3. The molecular weight excluding hydrogens is 402 g/mol. The molecule has 0 unspecified atom stereocenters. The third kappa shape index (κ3) is 4.06. The van der Waals surface area contributed by atoms with Gasteiger partial charge < -0.3 is 10.4 Å². The average molecular weight is 418 g/mol. The quantitative estimate of drug-likeness (QED) is 0.387. The Morgan fingerprint density at radius 2 is 1.45 bits per heavy atom. The lowest BCUT2D eigenvalue weighted by Gasteiger charge is -2.14. The van der Waals surface area contributed by atoms with Crippen LogP contribution in [0.15, 0.2) is 78.9 Å². The topological polar surface area (TPSA) is 78.4 Å². The fourth-order valence-electron chi connectivity index (χ4n) is 3.36. The van der Waals surface area contributed by atoms with Crippen LogP contribution in [-0.4, -0.2) is 17.0 Å². The largest absolute Gasteiger partial charge is 0.508 e. The number of halogens is 2. The molecule has 0 aliphatic carbocycles. The van der Waals surface area contributed by atoms with E-state index >= 15 is 0 Å². The molecule has 0 atom stereocenters. The predicted octanol–water partition coefficient (Wildman–Crippen LogP) is 5.45. The molecule has 0 spiro atoms. The van der Waals surface area contributed by atoms with Crippen molar-refractivity contribution in [1.29, 1.82) is 0 Å². The van der Waals surface area contributed by atoms with Crippen LogP contribution in [-0.2, 0) is 0 Å². The molecule has 3 N–H and O–H groups in total. The van der Waals surface area contributed by atoms with Crippen molar-refractivity contribution in [1.82, 2.24) is 5.32 Å². The zero-order chi connectivity index (χ0) is 22.0. The third-order valence-corrected chi connectivity index (χ3v) is 4.75. The number of nitrogens with one attached hydrogen (secondary N) is 2. The summed E-state index contributed by atoms with van der Waals surface area (Å²) in [7, 11) is 0. The van der Waals surface area contributed by atoms with Gasteiger partial charge in [0.05, 0.1) is 5.69 Å². The van der Waals surface area contributed by atoms with Gasteiger partial charge in [0, 0.05) is 5.56 Å². The monoisotopic (exact) mass is 418 g/mol. The van der Waals surface area contributed by atoms with Crippen LogP contribution in [0.25, 0.3) is 21.9 Å². The van der Waals surface area contributed by atoms with E-state index in [1.165, 1.54) is 18.2 Å². The van der Waals surface area contributed by atoms with Crippen molar-refractivity contribution < 1.29 is 23.5 Å². The van der Waals surface area contributed by atoms with Gasteiger partial charge in [-0.15, -0.1) is 0 Å². The molecule has 0 fully saturated rings. The van der Waals surface area contributed by atoms with Crippen LogP contribution in [0, 0.1) is 11.6 Å². The average Bonchev–Trinajstić information content (AvgIpc) is 2.74. The molecule has 0 aromatic heterocycles. The van der Waals surface area contributed by atoms with E-state index in [0.29, 0.717) is 11.3 Å². The predicted molar refractivity (Wildman–Crippen MR) is 114 cm³/mol. The zero-order valence-electron chi connectivity index (χ0n) is 16.0. The van der Waals surface area contributed by atoms with Crippen molar-refractivity contribution >= 4 is 28.4 Å². The molecule has 5 nitrogen and oxygen atoms in total. The SMILES string of the molecule is O=C(NC(=O)c1c(F)cccc1F)Nc1ccc(O)cc1-c1cccc2ccccc12. The van der Waals surface area contributed by atoms with E-state index in [4.69, 9.17) is 0 Å². The minimum atomic E-state index is -1.21. The number of benzene rings is 4. The third-order valence-electron chi connectivity index (χ3n) is 4.75. The number of fused-ring (bicyclic) bond motifs is 1. The second-order valence-electron chi connectivity index (χ2n) is 6.76. The first kappa shape index (κ1) is 20.0.